The molecule has 2 aromatic rings. The van der Waals surface area contributed by atoms with E-state index in [9.17, 15) is 15.0 Å². The number of benzene rings is 2. The van der Waals surface area contributed by atoms with E-state index < -0.39 is 23.3 Å². The molecule has 0 aliphatic carbocycles. The van der Waals surface area contributed by atoms with Gasteiger partial charge in [-0.2, -0.15) is 0 Å². The summed E-state index contributed by atoms with van der Waals surface area (Å²) >= 11 is 12.1. The van der Waals surface area contributed by atoms with Gasteiger partial charge in [-0.1, -0.05) is 47.5 Å². The largest absolute Gasteiger partial charge is 0.465 e. The number of hydrogen-bond donors (Lipinski definition) is 2. The molecular weight excluding hydrogens is 373 g/mol. The summed E-state index contributed by atoms with van der Waals surface area (Å²) in [5.74, 6) is 0. The van der Waals surface area contributed by atoms with Crippen LogP contribution in [0.1, 0.15) is 44.9 Å². The average Bonchev–Trinajstić information content (AvgIpc) is 2.52. The maximum atomic E-state index is 12.2. The van der Waals surface area contributed by atoms with Crippen molar-refractivity contribution >= 4 is 29.3 Å². The number of aliphatic hydroxyl groups is 1. The van der Waals surface area contributed by atoms with Gasteiger partial charge in [-0.05, 0) is 63.1 Å². The quantitative estimate of drug-likeness (QED) is 0.695. The van der Waals surface area contributed by atoms with Crippen molar-refractivity contribution in [1.82, 2.24) is 4.90 Å². The standard InChI is InChI=1S/C20H23Cl2NO3/c1-19(2,3)23(18(25)26)20(4,14-8-10-15(21)11-9-14)17(24)13-6-5-7-16(22)12-13/h5-12,17,24H,1-4H3,(H,25,26)/t17-,20+/m0/s1. The Bertz CT molecular complexity index is 786. The van der Waals surface area contributed by atoms with Crippen molar-refractivity contribution in [1.29, 1.82) is 0 Å². The number of carboxylic acid groups (broad SMARTS) is 1. The summed E-state index contributed by atoms with van der Waals surface area (Å²) in [6.45, 7) is 7.08. The maximum Gasteiger partial charge on any atom is 0.408 e. The lowest BCUT2D eigenvalue weighted by Gasteiger charge is -2.49. The smallest absolute Gasteiger partial charge is 0.408 e. The maximum absolute atomic E-state index is 12.2. The number of halogens is 2. The number of nitrogens with zero attached hydrogens (tertiary/aromatic N) is 1. The first-order valence-corrected chi connectivity index (χ1v) is 8.96. The molecule has 0 radical (unpaired) electrons. The minimum Gasteiger partial charge on any atom is -0.465 e. The summed E-state index contributed by atoms with van der Waals surface area (Å²) in [5, 5.41) is 22.2. The first-order chi connectivity index (χ1) is 12.0. The van der Waals surface area contributed by atoms with Crippen LogP contribution in [-0.2, 0) is 5.54 Å². The summed E-state index contributed by atoms with van der Waals surface area (Å²) in [4.78, 5) is 13.5. The highest BCUT2D eigenvalue weighted by Crippen LogP contribution is 2.44. The molecule has 0 aliphatic rings. The van der Waals surface area contributed by atoms with Crippen LogP contribution in [-0.4, -0.2) is 26.7 Å². The Morgan fingerprint density at radius 2 is 1.58 bits per heavy atom. The second-order valence-corrected chi connectivity index (χ2v) is 8.27. The second kappa shape index (κ2) is 7.47. The third-order valence-electron chi connectivity index (χ3n) is 4.45. The Morgan fingerprint density at radius 3 is 2.04 bits per heavy atom. The molecule has 0 saturated carbocycles. The molecule has 2 aromatic carbocycles. The molecule has 2 rings (SSSR count). The Hall–Kier alpha value is -1.75. The van der Waals surface area contributed by atoms with Crippen LogP contribution in [0.4, 0.5) is 4.79 Å². The van der Waals surface area contributed by atoms with Gasteiger partial charge in [0, 0.05) is 15.6 Å². The van der Waals surface area contributed by atoms with Crippen molar-refractivity contribution < 1.29 is 15.0 Å². The fraction of sp³-hybridized carbons (Fsp3) is 0.350. The Labute approximate surface area is 164 Å². The van der Waals surface area contributed by atoms with Crippen molar-refractivity contribution in [3.05, 3.63) is 69.7 Å². The molecule has 1 amide bonds. The minimum atomic E-state index is -1.26. The molecule has 0 aliphatic heterocycles. The number of aliphatic hydroxyl groups excluding tert-OH is 1. The third-order valence-corrected chi connectivity index (χ3v) is 4.94. The molecule has 140 valence electrons. The van der Waals surface area contributed by atoms with E-state index in [1.54, 1.807) is 76.2 Å². The highest BCUT2D eigenvalue weighted by atomic mass is 35.5. The predicted octanol–water partition coefficient (Wildman–Crippen LogP) is 5.72. The fourth-order valence-electron chi connectivity index (χ4n) is 3.38. The lowest BCUT2D eigenvalue weighted by atomic mass is 9.79. The predicted molar refractivity (Wildman–Crippen MR) is 105 cm³/mol. The van der Waals surface area contributed by atoms with E-state index in [4.69, 9.17) is 23.2 Å². The molecule has 0 unspecified atom stereocenters. The van der Waals surface area contributed by atoms with E-state index in [0.29, 0.717) is 21.2 Å². The van der Waals surface area contributed by atoms with Crippen molar-refractivity contribution in [3.8, 4) is 0 Å². The number of hydrogen-bond acceptors (Lipinski definition) is 2. The van der Waals surface area contributed by atoms with E-state index in [2.05, 4.69) is 0 Å². The van der Waals surface area contributed by atoms with E-state index in [-0.39, 0.29) is 0 Å². The zero-order chi connectivity index (χ0) is 19.7. The summed E-state index contributed by atoms with van der Waals surface area (Å²) in [7, 11) is 0. The first kappa shape index (κ1) is 20.6. The summed E-state index contributed by atoms with van der Waals surface area (Å²) in [5.41, 5.74) is -0.865. The van der Waals surface area contributed by atoms with Crippen molar-refractivity contribution in [3.63, 3.8) is 0 Å². The highest BCUT2D eigenvalue weighted by Gasteiger charge is 2.48. The van der Waals surface area contributed by atoms with Gasteiger partial charge in [0.2, 0.25) is 0 Å². The van der Waals surface area contributed by atoms with Crippen molar-refractivity contribution in [2.24, 2.45) is 0 Å². The lowest BCUT2D eigenvalue weighted by Crippen LogP contribution is -2.58. The molecule has 0 aromatic heterocycles. The lowest BCUT2D eigenvalue weighted by molar-refractivity contribution is -0.0564. The van der Waals surface area contributed by atoms with Gasteiger partial charge in [0.1, 0.15) is 6.10 Å². The minimum absolute atomic E-state index is 0.470. The van der Waals surface area contributed by atoms with Crippen LogP contribution in [0.2, 0.25) is 10.0 Å². The molecule has 2 N–H and O–H groups in total. The first-order valence-electron chi connectivity index (χ1n) is 8.20. The van der Waals surface area contributed by atoms with Crippen LogP contribution in [0.15, 0.2) is 48.5 Å². The summed E-state index contributed by atoms with van der Waals surface area (Å²) in [6.07, 6.45) is -2.27. The molecular formula is C20H23Cl2NO3. The number of amides is 1. The van der Waals surface area contributed by atoms with Crippen LogP contribution in [0.5, 0.6) is 0 Å². The molecule has 2 atom stereocenters. The van der Waals surface area contributed by atoms with Crippen LogP contribution >= 0.6 is 23.2 Å². The normalized spacial score (nSPS) is 15.2. The molecule has 4 nitrogen and oxygen atoms in total. The van der Waals surface area contributed by atoms with Gasteiger partial charge in [0.25, 0.3) is 0 Å². The molecule has 0 heterocycles. The monoisotopic (exact) mass is 395 g/mol. The van der Waals surface area contributed by atoms with Crippen LogP contribution < -0.4 is 0 Å². The van der Waals surface area contributed by atoms with Gasteiger partial charge < -0.3 is 10.2 Å². The highest BCUT2D eigenvalue weighted by molar-refractivity contribution is 6.30. The van der Waals surface area contributed by atoms with Crippen LogP contribution in [0.3, 0.4) is 0 Å². The van der Waals surface area contributed by atoms with Gasteiger partial charge in [-0.15, -0.1) is 0 Å². The molecule has 26 heavy (non-hydrogen) atoms. The molecule has 6 heteroatoms. The van der Waals surface area contributed by atoms with Crippen molar-refractivity contribution in [2.75, 3.05) is 0 Å². The van der Waals surface area contributed by atoms with E-state index in [1.165, 1.54) is 4.90 Å². The Kier molecular flexibility index (Phi) is 5.91. The zero-order valence-electron chi connectivity index (χ0n) is 15.2. The molecule has 0 saturated heterocycles. The van der Waals surface area contributed by atoms with Gasteiger partial charge in [-0.3, -0.25) is 4.90 Å². The summed E-state index contributed by atoms with van der Waals surface area (Å²) < 4.78 is 0. The SMILES string of the molecule is CC(C)(C)N(C(=O)O)[C@](C)(c1ccc(Cl)cc1)[C@@H](O)c1cccc(Cl)c1. The summed E-state index contributed by atoms with van der Waals surface area (Å²) in [6, 6.07) is 13.6. The van der Waals surface area contributed by atoms with Crippen molar-refractivity contribution in [2.45, 2.75) is 44.9 Å². The fourth-order valence-corrected chi connectivity index (χ4v) is 3.70. The van der Waals surface area contributed by atoms with Crippen LogP contribution in [0, 0.1) is 0 Å². The van der Waals surface area contributed by atoms with E-state index >= 15 is 0 Å². The second-order valence-electron chi connectivity index (χ2n) is 7.40. The topological polar surface area (TPSA) is 60.8 Å². The molecule has 0 spiro atoms. The van der Waals surface area contributed by atoms with Gasteiger partial charge in [0.15, 0.2) is 0 Å². The number of rotatable bonds is 4. The van der Waals surface area contributed by atoms with E-state index in [1.807, 2.05) is 0 Å². The van der Waals surface area contributed by atoms with E-state index in [0.717, 1.165) is 0 Å². The zero-order valence-corrected chi connectivity index (χ0v) is 16.7. The molecule has 0 bridgehead atoms. The Morgan fingerprint density at radius 1 is 1.00 bits per heavy atom. The number of carbonyl (C=O) groups is 1. The Balaban J connectivity index is 2.72. The van der Waals surface area contributed by atoms with Gasteiger partial charge >= 0.3 is 6.09 Å². The average molecular weight is 396 g/mol. The van der Waals surface area contributed by atoms with Crippen LogP contribution in [0.25, 0.3) is 0 Å². The van der Waals surface area contributed by atoms with Gasteiger partial charge in [-0.25, -0.2) is 4.79 Å². The molecule has 0 fully saturated rings. The third kappa shape index (κ3) is 3.98. The van der Waals surface area contributed by atoms with Gasteiger partial charge in [0.05, 0.1) is 5.54 Å².